The maximum atomic E-state index is 5.91. The number of rotatable bonds is 5. The van der Waals surface area contributed by atoms with Crippen LogP contribution in [0.4, 0.5) is 5.00 Å². The first-order valence-corrected chi connectivity index (χ1v) is 8.78. The van der Waals surface area contributed by atoms with E-state index in [0.29, 0.717) is 12.1 Å². The summed E-state index contributed by atoms with van der Waals surface area (Å²) >= 11 is 1.72. The topological polar surface area (TPSA) is 38.0 Å². The summed E-state index contributed by atoms with van der Waals surface area (Å²) in [7, 11) is 0. The number of nitrogens with one attached hydrogen (secondary N) is 1. The SMILES string of the molecule is CCCC(NC1CCCc2ccccc21)c1ccc(N)s1. The lowest BCUT2D eigenvalue weighted by molar-refractivity contribution is 0.387. The summed E-state index contributed by atoms with van der Waals surface area (Å²) in [6.45, 7) is 2.25. The molecule has 0 aliphatic heterocycles. The maximum Gasteiger partial charge on any atom is 0.0859 e. The summed E-state index contributed by atoms with van der Waals surface area (Å²) in [5.41, 5.74) is 8.92. The molecule has 2 unspecified atom stereocenters. The van der Waals surface area contributed by atoms with E-state index in [2.05, 4.69) is 42.6 Å². The summed E-state index contributed by atoms with van der Waals surface area (Å²) in [5, 5.41) is 4.81. The molecule has 0 saturated heterocycles. The van der Waals surface area contributed by atoms with Gasteiger partial charge in [-0.3, -0.25) is 0 Å². The molecule has 21 heavy (non-hydrogen) atoms. The van der Waals surface area contributed by atoms with Crippen molar-refractivity contribution < 1.29 is 0 Å². The van der Waals surface area contributed by atoms with E-state index >= 15 is 0 Å². The van der Waals surface area contributed by atoms with Crippen molar-refractivity contribution in [3.8, 4) is 0 Å². The zero-order valence-electron chi connectivity index (χ0n) is 12.6. The minimum absolute atomic E-state index is 0.424. The third-order valence-electron chi connectivity index (χ3n) is 4.34. The van der Waals surface area contributed by atoms with E-state index < -0.39 is 0 Å². The van der Waals surface area contributed by atoms with Crippen LogP contribution in [0, 0.1) is 0 Å². The second kappa shape index (κ2) is 6.63. The van der Waals surface area contributed by atoms with Crippen LogP contribution in [0.1, 0.15) is 60.7 Å². The van der Waals surface area contributed by atoms with Crippen LogP contribution < -0.4 is 11.1 Å². The van der Waals surface area contributed by atoms with Crippen molar-refractivity contribution in [3.63, 3.8) is 0 Å². The molecule has 0 radical (unpaired) electrons. The van der Waals surface area contributed by atoms with Crippen LogP contribution in [0.2, 0.25) is 0 Å². The van der Waals surface area contributed by atoms with E-state index in [0.717, 1.165) is 5.00 Å². The Hall–Kier alpha value is -1.32. The van der Waals surface area contributed by atoms with Crippen molar-refractivity contribution >= 4 is 16.3 Å². The predicted molar refractivity (Wildman–Crippen MR) is 91.6 cm³/mol. The number of hydrogen-bond acceptors (Lipinski definition) is 3. The average molecular weight is 300 g/mol. The Bertz CT molecular complexity index is 590. The smallest absolute Gasteiger partial charge is 0.0859 e. The Morgan fingerprint density at radius 1 is 1.29 bits per heavy atom. The molecular weight excluding hydrogens is 276 g/mol. The van der Waals surface area contributed by atoms with Crippen LogP contribution in [0.25, 0.3) is 0 Å². The zero-order valence-corrected chi connectivity index (χ0v) is 13.5. The lowest BCUT2D eigenvalue weighted by atomic mass is 9.87. The molecule has 0 spiro atoms. The zero-order chi connectivity index (χ0) is 14.7. The molecule has 1 aliphatic carbocycles. The van der Waals surface area contributed by atoms with Gasteiger partial charge in [0.2, 0.25) is 0 Å². The highest BCUT2D eigenvalue weighted by Gasteiger charge is 2.23. The summed E-state index contributed by atoms with van der Waals surface area (Å²) in [4.78, 5) is 1.37. The van der Waals surface area contributed by atoms with Gasteiger partial charge >= 0.3 is 0 Å². The summed E-state index contributed by atoms with van der Waals surface area (Å²) in [6, 6.07) is 14.0. The summed E-state index contributed by atoms with van der Waals surface area (Å²) < 4.78 is 0. The number of thiophene rings is 1. The highest BCUT2D eigenvalue weighted by molar-refractivity contribution is 7.15. The van der Waals surface area contributed by atoms with E-state index in [1.807, 2.05) is 6.07 Å². The quantitative estimate of drug-likeness (QED) is 0.829. The molecule has 1 aromatic heterocycles. The van der Waals surface area contributed by atoms with Crippen LogP contribution in [0.3, 0.4) is 0 Å². The summed E-state index contributed by atoms with van der Waals surface area (Å²) in [5.74, 6) is 0. The molecule has 2 nitrogen and oxygen atoms in total. The van der Waals surface area contributed by atoms with Crippen molar-refractivity contribution in [1.82, 2.24) is 5.32 Å². The Balaban J connectivity index is 1.80. The van der Waals surface area contributed by atoms with E-state index in [9.17, 15) is 0 Å². The lowest BCUT2D eigenvalue weighted by Gasteiger charge is -2.30. The highest BCUT2D eigenvalue weighted by atomic mass is 32.1. The van der Waals surface area contributed by atoms with E-state index in [4.69, 9.17) is 5.73 Å². The third-order valence-corrected chi connectivity index (χ3v) is 5.37. The minimum atomic E-state index is 0.424. The van der Waals surface area contributed by atoms with Gasteiger partial charge in [0.1, 0.15) is 0 Å². The summed E-state index contributed by atoms with van der Waals surface area (Å²) in [6.07, 6.45) is 6.08. The number of fused-ring (bicyclic) bond motifs is 1. The van der Waals surface area contributed by atoms with Gasteiger partial charge in [0, 0.05) is 17.0 Å². The van der Waals surface area contributed by atoms with Gasteiger partial charge in [0.15, 0.2) is 0 Å². The Kier molecular flexibility index (Phi) is 4.61. The van der Waals surface area contributed by atoms with Gasteiger partial charge in [-0.1, -0.05) is 37.6 Å². The molecular formula is C18H24N2S. The van der Waals surface area contributed by atoms with Crippen LogP contribution in [-0.2, 0) is 6.42 Å². The average Bonchev–Trinajstić information content (AvgIpc) is 2.94. The van der Waals surface area contributed by atoms with Crippen LogP contribution in [-0.4, -0.2) is 0 Å². The van der Waals surface area contributed by atoms with Gasteiger partial charge < -0.3 is 11.1 Å². The standard InChI is InChI=1S/C18H24N2S/c1-2-6-16(17-11-12-18(19)21-17)20-15-10-5-8-13-7-3-4-9-14(13)15/h3-4,7,9,11-12,15-16,20H,2,5-6,8,10,19H2,1H3. The Labute approximate surface area is 131 Å². The first kappa shape index (κ1) is 14.6. The molecule has 3 heteroatoms. The number of anilines is 1. The molecule has 0 saturated carbocycles. The van der Waals surface area contributed by atoms with Gasteiger partial charge in [-0.2, -0.15) is 0 Å². The predicted octanol–water partition coefficient (Wildman–Crippen LogP) is 4.84. The second-order valence-corrected chi connectivity index (χ2v) is 7.04. The first-order chi connectivity index (χ1) is 10.3. The van der Waals surface area contributed by atoms with Crippen LogP contribution in [0.5, 0.6) is 0 Å². The molecule has 1 aliphatic rings. The molecule has 3 N–H and O–H groups in total. The maximum absolute atomic E-state index is 5.91. The van der Waals surface area contributed by atoms with Crippen molar-refractivity contribution in [2.24, 2.45) is 0 Å². The van der Waals surface area contributed by atoms with Crippen molar-refractivity contribution in [2.45, 2.75) is 51.1 Å². The molecule has 0 amide bonds. The van der Waals surface area contributed by atoms with Crippen molar-refractivity contribution in [1.29, 1.82) is 0 Å². The highest BCUT2D eigenvalue weighted by Crippen LogP contribution is 2.35. The van der Waals surface area contributed by atoms with Crippen LogP contribution >= 0.6 is 11.3 Å². The number of benzene rings is 1. The van der Waals surface area contributed by atoms with Gasteiger partial charge in [-0.15, -0.1) is 11.3 Å². The Morgan fingerprint density at radius 2 is 2.14 bits per heavy atom. The van der Waals surface area contributed by atoms with Crippen molar-refractivity contribution in [3.05, 3.63) is 52.4 Å². The first-order valence-electron chi connectivity index (χ1n) is 7.97. The third kappa shape index (κ3) is 3.30. The molecule has 3 rings (SSSR count). The van der Waals surface area contributed by atoms with Gasteiger partial charge in [-0.25, -0.2) is 0 Å². The van der Waals surface area contributed by atoms with E-state index in [1.165, 1.54) is 48.1 Å². The van der Waals surface area contributed by atoms with Gasteiger partial charge in [0.05, 0.1) is 5.00 Å². The number of nitrogen functional groups attached to an aromatic ring is 1. The fourth-order valence-electron chi connectivity index (χ4n) is 3.32. The monoisotopic (exact) mass is 300 g/mol. The van der Waals surface area contributed by atoms with E-state index in [-0.39, 0.29) is 0 Å². The van der Waals surface area contributed by atoms with Crippen LogP contribution in [0.15, 0.2) is 36.4 Å². The van der Waals surface area contributed by atoms with E-state index in [1.54, 1.807) is 11.3 Å². The number of aryl methyl sites for hydroxylation is 1. The fourth-order valence-corrected chi connectivity index (χ4v) is 4.19. The normalized spacial score (nSPS) is 19.2. The fraction of sp³-hybridized carbons (Fsp3) is 0.444. The molecule has 2 atom stereocenters. The van der Waals surface area contributed by atoms with Gasteiger partial charge in [-0.05, 0) is 48.9 Å². The largest absolute Gasteiger partial charge is 0.391 e. The molecule has 2 aromatic rings. The Morgan fingerprint density at radius 3 is 2.90 bits per heavy atom. The molecule has 0 bridgehead atoms. The number of nitrogens with two attached hydrogens (primary N) is 1. The lowest BCUT2D eigenvalue weighted by Crippen LogP contribution is -2.28. The molecule has 0 fully saturated rings. The molecule has 1 heterocycles. The molecule has 112 valence electrons. The van der Waals surface area contributed by atoms with Crippen molar-refractivity contribution in [2.75, 3.05) is 5.73 Å². The minimum Gasteiger partial charge on any atom is -0.391 e. The number of hydrogen-bond donors (Lipinski definition) is 2. The van der Waals surface area contributed by atoms with Gasteiger partial charge in [0.25, 0.3) is 0 Å². The molecule has 1 aromatic carbocycles. The second-order valence-electron chi connectivity index (χ2n) is 5.89.